The lowest BCUT2D eigenvalue weighted by atomic mass is 10.2. The Labute approximate surface area is 197 Å². The molecule has 3 N–H and O–H groups in total. The summed E-state index contributed by atoms with van der Waals surface area (Å²) in [7, 11) is 0. The minimum Gasteiger partial charge on any atom is -0.482 e. The van der Waals surface area contributed by atoms with Gasteiger partial charge in [0.2, 0.25) is 11.6 Å². The standard InChI is InChI=1S/C19H15Cl3N6O4/c1-10-2-4-12(7-13(10)21)25-18-17(28(30)31)19(24-9-23-18)27-26-16(29)8-32-15-5-3-11(20)6-14(15)22/h2-7,9H,8H2,1H3,(H,26,29)(H2,23,24,25,27). The van der Waals surface area contributed by atoms with Crippen molar-refractivity contribution in [3.63, 3.8) is 0 Å². The highest BCUT2D eigenvalue weighted by Crippen LogP contribution is 2.32. The number of carbonyl (C=O) groups excluding carboxylic acids is 1. The molecule has 0 saturated heterocycles. The number of hydrogen-bond donors (Lipinski definition) is 3. The summed E-state index contributed by atoms with van der Waals surface area (Å²) < 4.78 is 5.31. The molecule has 3 aromatic rings. The number of hydrazine groups is 1. The fourth-order valence-electron chi connectivity index (χ4n) is 2.44. The smallest absolute Gasteiger partial charge is 0.355 e. The van der Waals surface area contributed by atoms with Crippen molar-refractivity contribution < 1.29 is 14.5 Å². The van der Waals surface area contributed by atoms with Crippen LogP contribution in [0.4, 0.5) is 23.0 Å². The summed E-state index contributed by atoms with van der Waals surface area (Å²) in [6.07, 6.45) is 1.10. The number of rotatable bonds is 8. The Morgan fingerprint density at radius 3 is 2.53 bits per heavy atom. The van der Waals surface area contributed by atoms with E-state index in [1.54, 1.807) is 24.3 Å². The Kier molecular flexibility index (Phi) is 7.52. The minimum absolute atomic E-state index is 0.0918. The van der Waals surface area contributed by atoms with Crippen molar-refractivity contribution in [3.8, 4) is 5.75 Å². The van der Waals surface area contributed by atoms with Crippen molar-refractivity contribution in [3.05, 3.63) is 73.5 Å². The number of amides is 1. The van der Waals surface area contributed by atoms with E-state index >= 15 is 0 Å². The van der Waals surface area contributed by atoms with E-state index in [9.17, 15) is 14.9 Å². The predicted octanol–water partition coefficient (Wildman–Crippen LogP) is 4.92. The number of hydrogen-bond acceptors (Lipinski definition) is 8. The average molecular weight is 498 g/mol. The molecule has 32 heavy (non-hydrogen) atoms. The summed E-state index contributed by atoms with van der Waals surface area (Å²) in [5, 5.41) is 15.6. The van der Waals surface area contributed by atoms with E-state index in [2.05, 4.69) is 26.1 Å². The quantitative estimate of drug-likeness (QED) is 0.295. The Morgan fingerprint density at radius 1 is 1.09 bits per heavy atom. The number of aryl methyl sites for hydroxylation is 1. The summed E-state index contributed by atoms with van der Waals surface area (Å²) in [6, 6.07) is 9.59. The van der Waals surface area contributed by atoms with Crippen LogP contribution in [0.1, 0.15) is 5.56 Å². The second-order valence-electron chi connectivity index (χ2n) is 6.30. The fourth-order valence-corrected chi connectivity index (χ4v) is 3.09. The number of nitrogens with one attached hydrogen (secondary N) is 3. The third-order valence-electron chi connectivity index (χ3n) is 4.01. The summed E-state index contributed by atoms with van der Waals surface area (Å²) >= 11 is 17.9. The maximum Gasteiger partial charge on any atom is 0.355 e. The molecule has 0 aliphatic heterocycles. The third kappa shape index (κ3) is 5.88. The van der Waals surface area contributed by atoms with Crippen molar-refractivity contribution in [2.45, 2.75) is 6.92 Å². The summed E-state index contributed by atoms with van der Waals surface area (Å²) in [6.45, 7) is 1.41. The molecule has 1 heterocycles. The number of halogens is 3. The SMILES string of the molecule is Cc1ccc(Nc2ncnc(NNC(=O)COc3ccc(Cl)cc3Cl)c2[N+](=O)[O-])cc1Cl. The molecule has 2 aromatic carbocycles. The first-order valence-electron chi connectivity index (χ1n) is 8.90. The first-order valence-corrected chi connectivity index (χ1v) is 10.0. The van der Waals surface area contributed by atoms with E-state index in [0.29, 0.717) is 15.7 Å². The van der Waals surface area contributed by atoms with Gasteiger partial charge in [-0.25, -0.2) is 9.97 Å². The number of carbonyl (C=O) groups is 1. The summed E-state index contributed by atoms with van der Waals surface area (Å²) in [5.41, 5.74) is 5.54. The van der Waals surface area contributed by atoms with E-state index < -0.39 is 23.1 Å². The topological polar surface area (TPSA) is 131 Å². The van der Waals surface area contributed by atoms with Crippen LogP contribution >= 0.6 is 34.8 Å². The predicted molar refractivity (Wildman–Crippen MR) is 122 cm³/mol. The molecule has 0 spiro atoms. The average Bonchev–Trinajstić information content (AvgIpc) is 2.74. The van der Waals surface area contributed by atoms with Crippen molar-refractivity contribution in [2.75, 3.05) is 17.3 Å². The molecule has 3 rings (SSSR count). The molecule has 0 radical (unpaired) electrons. The summed E-state index contributed by atoms with van der Waals surface area (Å²) in [4.78, 5) is 30.8. The largest absolute Gasteiger partial charge is 0.482 e. The van der Waals surface area contributed by atoms with Crippen LogP contribution in [0.5, 0.6) is 5.75 Å². The van der Waals surface area contributed by atoms with Crippen molar-refractivity contribution >= 4 is 63.7 Å². The lowest BCUT2D eigenvalue weighted by Crippen LogP contribution is -2.34. The van der Waals surface area contributed by atoms with Gasteiger partial charge in [0, 0.05) is 15.7 Å². The van der Waals surface area contributed by atoms with Gasteiger partial charge in [0.1, 0.15) is 12.1 Å². The molecular formula is C19H15Cl3N6O4. The van der Waals surface area contributed by atoms with E-state index in [1.807, 2.05) is 6.92 Å². The van der Waals surface area contributed by atoms with Crippen LogP contribution < -0.4 is 20.9 Å². The zero-order chi connectivity index (χ0) is 23.3. The molecule has 13 heteroatoms. The fraction of sp³-hybridized carbons (Fsp3) is 0.105. The Bertz CT molecular complexity index is 1180. The van der Waals surface area contributed by atoms with Gasteiger partial charge in [0.05, 0.1) is 9.95 Å². The van der Waals surface area contributed by atoms with E-state index in [-0.39, 0.29) is 22.4 Å². The molecule has 10 nitrogen and oxygen atoms in total. The van der Waals surface area contributed by atoms with Gasteiger partial charge in [-0.2, -0.15) is 0 Å². The van der Waals surface area contributed by atoms with E-state index in [0.717, 1.165) is 11.9 Å². The molecule has 1 aromatic heterocycles. The number of aromatic nitrogens is 2. The molecule has 0 unspecified atom stereocenters. The second kappa shape index (κ2) is 10.3. The number of benzene rings is 2. The van der Waals surface area contributed by atoms with Crippen LogP contribution in [-0.2, 0) is 4.79 Å². The molecule has 0 fully saturated rings. The lowest BCUT2D eigenvalue weighted by Gasteiger charge is -2.12. The van der Waals surface area contributed by atoms with Crippen LogP contribution in [0.2, 0.25) is 15.1 Å². The van der Waals surface area contributed by atoms with Crippen molar-refractivity contribution in [2.24, 2.45) is 0 Å². The number of ether oxygens (including phenoxy) is 1. The van der Waals surface area contributed by atoms with Gasteiger partial charge >= 0.3 is 5.69 Å². The maximum absolute atomic E-state index is 12.1. The van der Waals surface area contributed by atoms with Crippen LogP contribution in [0.25, 0.3) is 0 Å². The Morgan fingerprint density at radius 2 is 1.84 bits per heavy atom. The molecule has 0 aliphatic carbocycles. The lowest BCUT2D eigenvalue weighted by molar-refractivity contribution is -0.383. The zero-order valence-corrected chi connectivity index (χ0v) is 18.6. The van der Waals surface area contributed by atoms with Gasteiger partial charge in [-0.1, -0.05) is 40.9 Å². The Hall–Kier alpha value is -3.34. The number of nitrogens with zero attached hydrogens (tertiary/aromatic N) is 3. The maximum atomic E-state index is 12.1. The minimum atomic E-state index is -0.684. The normalized spacial score (nSPS) is 10.4. The molecule has 0 bridgehead atoms. The van der Waals surface area contributed by atoms with Crippen LogP contribution in [0, 0.1) is 17.0 Å². The molecule has 0 atom stereocenters. The summed E-state index contributed by atoms with van der Waals surface area (Å²) in [5.74, 6) is -0.708. The molecule has 166 valence electrons. The molecule has 0 aliphatic rings. The van der Waals surface area contributed by atoms with Crippen molar-refractivity contribution in [1.29, 1.82) is 0 Å². The van der Waals surface area contributed by atoms with Crippen LogP contribution in [-0.4, -0.2) is 27.4 Å². The van der Waals surface area contributed by atoms with E-state index in [4.69, 9.17) is 39.5 Å². The van der Waals surface area contributed by atoms with Crippen LogP contribution in [0.3, 0.4) is 0 Å². The molecular weight excluding hydrogens is 483 g/mol. The second-order valence-corrected chi connectivity index (χ2v) is 7.55. The third-order valence-corrected chi connectivity index (χ3v) is 4.95. The first kappa shape index (κ1) is 23.3. The van der Waals surface area contributed by atoms with Gasteiger partial charge in [0.15, 0.2) is 6.61 Å². The number of anilines is 3. The van der Waals surface area contributed by atoms with Crippen LogP contribution in [0.15, 0.2) is 42.7 Å². The Balaban J connectivity index is 1.69. The van der Waals surface area contributed by atoms with Gasteiger partial charge in [0.25, 0.3) is 5.91 Å². The monoisotopic (exact) mass is 496 g/mol. The van der Waals surface area contributed by atoms with Gasteiger partial charge in [-0.3, -0.25) is 25.8 Å². The number of nitro groups is 1. The zero-order valence-electron chi connectivity index (χ0n) is 16.4. The van der Waals surface area contributed by atoms with Gasteiger partial charge in [-0.05, 0) is 42.8 Å². The highest BCUT2D eigenvalue weighted by atomic mass is 35.5. The highest BCUT2D eigenvalue weighted by molar-refractivity contribution is 6.35. The van der Waals surface area contributed by atoms with Crippen molar-refractivity contribution in [1.82, 2.24) is 15.4 Å². The van der Waals surface area contributed by atoms with Gasteiger partial charge < -0.3 is 10.1 Å². The van der Waals surface area contributed by atoms with E-state index in [1.165, 1.54) is 12.1 Å². The highest BCUT2D eigenvalue weighted by Gasteiger charge is 2.24. The molecule has 0 saturated carbocycles. The van der Waals surface area contributed by atoms with Gasteiger partial charge in [-0.15, -0.1) is 0 Å². The molecule has 1 amide bonds. The first-order chi connectivity index (χ1) is 15.2.